The molecule has 1 saturated heterocycles. The van der Waals surface area contributed by atoms with Crippen molar-refractivity contribution < 1.29 is 12.8 Å². The number of halogens is 2. The van der Waals surface area contributed by atoms with Crippen molar-refractivity contribution in [2.45, 2.75) is 25.2 Å². The predicted molar refractivity (Wildman–Crippen MR) is 78.9 cm³/mol. The average Bonchev–Trinajstić information content (AvgIpc) is 2.77. The van der Waals surface area contributed by atoms with Gasteiger partial charge >= 0.3 is 0 Å². The highest BCUT2D eigenvalue weighted by atomic mass is 35.5. The summed E-state index contributed by atoms with van der Waals surface area (Å²) < 4.78 is 39.6. The topological polar surface area (TPSA) is 63.4 Å². The normalized spacial score (nSPS) is 23.6. The van der Waals surface area contributed by atoms with Crippen molar-refractivity contribution in [2.75, 3.05) is 19.6 Å². The number of sulfonamides is 1. The van der Waals surface area contributed by atoms with Crippen molar-refractivity contribution in [3.63, 3.8) is 0 Å². The van der Waals surface area contributed by atoms with Gasteiger partial charge < -0.3 is 5.73 Å². The van der Waals surface area contributed by atoms with Crippen LogP contribution in [-0.2, 0) is 10.0 Å². The van der Waals surface area contributed by atoms with Crippen LogP contribution in [0, 0.1) is 18.2 Å². The minimum absolute atomic E-state index is 0. The molecule has 0 saturated carbocycles. The van der Waals surface area contributed by atoms with Crippen LogP contribution in [0.25, 0.3) is 0 Å². The molecule has 1 aromatic rings. The number of benzene rings is 1. The van der Waals surface area contributed by atoms with E-state index in [1.165, 1.54) is 22.5 Å². The quantitative estimate of drug-likeness (QED) is 0.924. The molecular weight excluding hydrogens is 303 g/mol. The molecule has 1 aliphatic rings. The van der Waals surface area contributed by atoms with Gasteiger partial charge in [-0.1, -0.05) is 6.92 Å². The minimum Gasteiger partial charge on any atom is -0.330 e. The molecule has 4 nitrogen and oxygen atoms in total. The average molecular weight is 323 g/mol. The molecule has 0 aromatic heterocycles. The van der Waals surface area contributed by atoms with E-state index in [1.807, 2.05) is 6.92 Å². The van der Waals surface area contributed by atoms with E-state index in [4.69, 9.17) is 5.73 Å². The highest BCUT2D eigenvalue weighted by molar-refractivity contribution is 7.89. The van der Waals surface area contributed by atoms with Gasteiger partial charge in [0.05, 0.1) is 4.90 Å². The molecule has 2 N–H and O–H groups in total. The van der Waals surface area contributed by atoms with Crippen LogP contribution in [0.5, 0.6) is 0 Å². The third kappa shape index (κ3) is 3.14. The molecule has 1 atom stereocenters. The molecule has 1 aliphatic heterocycles. The second-order valence-electron chi connectivity index (χ2n) is 5.51. The molecule has 20 heavy (non-hydrogen) atoms. The molecule has 2 rings (SSSR count). The van der Waals surface area contributed by atoms with Gasteiger partial charge in [-0.2, -0.15) is 4.31 Å². The first kappa shape index (κ1) is 17.4. The van der Waals surface area contributed by atoms with Gasteiger partial charge in [0.25, 0.3) is 0 Å². The van der Waals surface area contributed by atoms with E-state index in [1.54, 1.807) is 6.92 Å². The fourth-order valence-corrected chi connectivity index (χ4v) is 3.95. The zero-order chi connectivity index (χ0) is 14.3. The summed E-state index contributed by atoms with van der Waals surface area (Å²) in [7, 11) is -3.55. The third-order valence-electron chi connectivity index (χ3n) is 3.78. The van der Waals surface area contributed by atoms with Crippen molar-refractivity contribution in [3.8, 4) is 0 Å². The largest absolute Gasteiger partial charge is 0.330 e. The first-order valence-corrected chi connectivity index (χ1v) is 7.69. The highest BCUT2D eigenvalue weighted by Gasteiger charge is 2.39. The predicted octanol–water partition coefficient (Wildman–Crippen LogP) is 1.92. The van der Waals surface area contributed by atoms with E-state index in [-0.39, 0.29) is 22.7 Å². The molecule has 1 fully saturated rings. The monoisotopic (exact) mass is 322 g/mol. The molecule has 0 spiro atoms. The molecule has 114 valence electrons. The third-order valence-corrected chi connectivity index (χ3v) is 5.62. The van der Waals surface area contributed by atoms with E-state index in [2.05, 4.69) is 0 Å². The van der Waals surface area contributed by atoms with E-state index in [0.717, 1.165) is 6.42 Å². The summed E-state index contributed by atoms with van der Waals surface area (Å²) in [5.74, 6) is -0.396. The fraction of sp³-hybridized carbons (Fsp3) is 0.538. The standard InChI is InChI=1S/C13H19FN2O2S.ClH/c1-10-7-11(3-4-12(10)14)19(17,18)16-6-5-13(2,8-15)9-16;/h3-4,7H,5-6,8-9,15H2,1-2H3;1H. The maximum Gasteiger partial charge on any atom is 0.243 e. The van der Waals surface area contributed by atoms with Crippen LogP contribution in [0.2, 0.25) is 0 Å². The molecule has 7 heteroatoms. The van der Waals surface area contributed by atoms with Crippen LogP contribution < -0.4 is 5.73 Å². The SMILES string of the molecule is Cc1cc(S(=O)(=O)N2CCC(C)(CN)C2)ccc1F.Cl. The van der Waals surface area contributed by atoms with Crippen LogP contribution in [0.4, 0.5) is 4.39 Å². The second kappa shape index (κ2) is 5.97. The number of aryl methyl sites for hydroxylation is 1. The Bertz CT molecular complexity index is 594. The molecule has 0 aliphatic carbocycles. The first-order chi connectivity index (χ1) is 8.78. The van der Waals surface area contributed by atoms with Gasteiger partial charge in [-0.25, -0.2) is 12.8 Å². The van der Waals surface area contributed by atoms with Crippen molar-refractivity contribution in [1.82, 2.24) is 4.31 Å². The van der Waals surface area contributed by atoms with Crippen molar-refractivity contribution >= 4 is 22.4 Å². The molecular formula is C13H20ClFN2O2S. The van der Waals surface area contributed by atoms with E-state index in [0.29, 0.717) is 25.2 Å². The lowest BCUT2D eigenvalue weighted by atomic mass is 9.90. The molecule has 0 radical (unpaired) electrons. The first-order valence-electron chi connectivity index (χ1n) is 6.25. The number of hydrogen-bond acceptors (Lipinski definition) is 3. The zero-order valence-corrected chi connectivity index (χ0v) is 13.2. The minimum atomic E-state index is -3.55. The fourth-order valence-electron chi connectivity index (χ4n) is 2.28. The lowest BCUT2D eigenvalue weighted by molar-refractivity contribution is 0.349. The lowest BCUT2D eigenvalue weighted by Crippen LogP contribution is -2.34. The van der Waals surface area contributed by atoms with Gasteiger partial charge in [-0.3, -0.25) is 0 Å². The summed E-state index contributed by atoms with van der Waals surface area (Å²) in [5, 5.41) is 0. The van der Waals surface area contributed by atoms with Crippen molar-refractivity contribution in [2.24, 2.45) is 11.1 Å². The van der Waals surface area contributed by atoms with Crippen LogP contribution in [0.3, 0.4) is 0 Å². The number of nitrogens with zero attached hydrogens (tertiary/aromatic N) is 1. The van der Waals surface area contributed by atoms with Gasteiger partial charge in [-0.05, 0) is 49.1 Å². The Balaban J connectivity index is 0.00000200. The summed E-state index contributed by atoms with van der Waals surface area (Å²) in [5.41, 5.74) is 5.86. The highest BCUT2D eigenvalue weighted by Crippen LogP contribution is 2.32. The molecule has 0 bridgehead atoms. The Kier molecular flexibility index (Phi) is 5.18. The van der Waals surface area contributed by atoms with E-state index >= 15 is 0 Å². The maximum absolute atomic E-state index is 13.2. The maximum atomic E-state index is 13.2. The lowest BCUT2D eigenvalue weighted by Gasteiger charge is -2.22. The molecule has 1 unspecified atom stereocenters. The van der Waals surface area contributed by atoms with Crippen molar-refractivity contribution in [1.29, 1.82) is 0 Å². The Morgan fingerprint density at radius 2 is 2.10 bits per heavy atom. The van der Waals surface area contributed by atoms with E-state index < -0.39 is 15.8 Å². The number of hydrogen-bond donors (Lipinski definition) is 1. The number of rotatable bonds is 3. The molecule has 1 aromatic carbocycles. The smallest absolute Gasteiger partial charge is 0.243 e. The van der Waals surface area contributed by atoms with Crippen LogP contribution in [0.1, 0.15) is 18.9 Å². The Hall–Kier alpha value is -0.690. The van der Waals surface area contributed by atoms with Gasteiger partial charge in [0.1, 0.15) is 5.82 Å². The zero-order valence-electron chi connectivity index (χ0n) is 11.6. The summed E-state index contributed by atoms with van der Waals surface area (Å²) >= 11 is 0. The summed E-state index contributed by atoms with van der Waals surface area (Å²) in [4.78, 5) is 0.146. The van der Waals surface area contributed by atoms with Gasteiger partial charge in [-0.15, -0.1) is 12.4 Å². The molecule has 0 amide bonds. The molecule has 1 heterocycles. The Morgan fingerprint density at radius 1 is 1.45 bits per heavy atom. The Morgan fingerprint density at radius 3 is 2.60 bits per heavy atom. The summed E-state index contributed by atoms with van der Waals surface area (Å²) in [6, 6.07) is 3.89. The van der Waals surface area contributed by atoms with E-state index in [9.17, 15) is 12.8 Å². The van der Waals surface area contributed by atoms with Crippen LogP contribution in [0.15, 0.2) is 23.1 Å². The second-order valence-corrected chi connectivity index (χ2v) is 7.45. The summed E-state index contributed by atoms with van der Waals surface area (Å²) in [6.07, 6.45) is 0.753. The number of nitrogens with two attached hydrogens (primary N) is 1. The van der Waals surface area contributed by atoms with Gasteiger partial charge in [0.15, 0.2) is 0 Å². The summed E-state index contributed by atoms with van der Waals surface area (Å²) in [6.45, 7) is 4.89. The Labute approximate surface area is 125 Å². The van der Waals surface area contributed by atoms with Gasteiger partial charge in [0, 0.05) is 13.1 Å². The van der Waals surface area contributed by atoms with Crippen molar-refractivity contribution in [3.05, 3.63) is 29.6 Å². The van der Waals surface area contributed by atoms with Gasteiger partial charge in [0.2, 0.25) is 10.0 Å². The van der Waals surface area contributed by atoms with Crippen LogP contribution in [-0.4, -0.2) is 32.4 Å². The van der Waals surface area contributed by atoms with Crippen LogP contribution >= 0.6 is 12.4 Å².